The van der Waals surface area contributed by atoms with Crippen LogP contribution in [0.25, 0.3) is 0 Å². The largest absolute Gasteiger partial charge is 0.522 e. The first-order chi connectivity index (χ1) is 6.64. The number of halogens is 3. The third kappa shape index (κ3) is 5.96. The minimum atomic E-state index is -5.84. The van der Waals surface area contributed by atoms with Gasteiger partial charge < -0.3 is 0 Å². The molecule has 0 atom stereocenters. The van der Waals surface area contributed by atoms with Crippen molar-refractivity contribution in [2.75, 3.05) is 0 Å². The van der Waals surface area contributed by atoms with Gasteiger partial charge in [0.15, 0.2) is 0 Å². The molecule has 1 aromatic rings. The SMILES string of the molecule is Cc1ccnnc1.O=S(=O)(O)C(F)(F)F. The van der Waals surface area contributed by atoms with Gasteiger partial charge in [-0.15, -0.1) is 0 Å². The molecule has 0 bridgehead atoms. The van der Waals surface area contributed by atoms with Crippen LogP contribution in [0.15, 0.2) is 18.5 Å². The maximum Gasteiger partial charge on any atom is 0.522 e. The van der Waals surface area contributed by atoms with Gasteiger partial charge in [-0.2, -0.15) is 31.8 Å². The van der Waals surface area contributed by atoms with Gasteiger partial charge in [0.25, 0.3) is 0 Å². The van der Waals surface area contributed by atoms with E-state index in [4.69, 9.17) is 13.0 Å². The number of nitrogens with zero attached hydrogens (tertiary/aromatic N) is 2. The van der Waals surface area contributed by atoms with E-state index in [9.17, 15) is 13.2 Å². The molecule has 0 aliphatic heterocycles. The van der Waals surface area contributed by atoms with Gasteiger partial charge in [0.1, 0.15) is 0 Å². The Morgan fingerprint density at radius 2 is 1.80 bits per heavy atom. The van der Waals surface area contributed by atoms with E-state index in [1.54, 1.807) is 12.4 Å². The molecule has 0 radical (unpaired) electrons. The van der Waals surface area contributed by atoms with Crippen molar-refractivity contribution in [3.05, 3.63) is 24.0 Å². The van der Waals surface area contributed by atoms with Crippen molar-refractivity contribution >= 4 is 10.1 Å². The van der Waals surface area contributed by atoms with Gasteiger partial charge in [-0.1, -0.05) is 0 Å². The van der Waals surface area contributed by atoms with Crippen LogP contribution in [0.5, 0.6) is 0 Å². The summed E-state index contributed by atoms with van der Waals surface area (Å²) in [5, 5.41) is 7.23. The molecule has 0 fully saturated rings. The predicted molar refractivity (Wildman–Crippen MR) is 44.4 cm³/mol. The van der Waals surface area contributed by atoms with Crippen LogP contribution in [0.4, 0.5) is 13.2 Å². The lowest BCUT2D eigenvalue weighted by atomic mass is 10.4. The summed E-state index contributed by atoms with van der Waals surface area (Å²) in [5.74, 6) is 0. The third-order valence-electron chi connectivity index (χ3n) is 1.02. The Morgan fingerprint density at radius 3 is 1.93 bits per heavy atom. The molecule has 86 valence electrons. The van der Waals surface area contributed by atoms with Crippen LogP contribution in [0, 0.1) is 6.92 Å². The first kappa shape index (κ1) is 13.8. The van der Waals surface area contributed by atoms with E-state index in [1.807, 2.05) is 13.0 Å². The number of hydrogen-bond donors (Lipinski definition) is 1. The van der Waals surface area contributed by atoms with Crippen molar-refractivity contribution < 1.29 is 26.1 Å². The summed E-state index contributed by atoms with van der Waals surface area (Å²) in [7, 11) is -5.84. The summed E-state index contributed by atoms with van der Waals surface area (Å²) >= 11 is 0. The van der Waals surface area contributed by atoms with Crippen molar-refractivity contribution in [1.82, 2.24) is 10.2 Å². The molecule has 0 spiro atoms. The standard InChI is InChI=1S/C5H6N2.CHF3O3S/c1-5-2-3-6-7-4-5;2-1(3,4)8(5,6)7/h2-4H,1H3;(H,5,6,7). The highest BCUT2D eigenvalue weighted by Crippen LogP contribution is 2.20. The highest BCUT2D eigenvalue weighted by molar-refractivity contribution is 7.86. The summed E-state index contributed by atoms with van der Waals surface area (Å²) in [6.45, 7) is 1.98. The van der Waals surface area contributed by atoms with Gasteiger partial charge >= 0.3 is 15.6 Å². The molecule has 0 aliphatic rings. The Kier molecular flexibility index (Phi) is 4.62. The van der Waals surface area contributed by atoms with E-state index in [-0.39, 0.29) is 0 Å². The first-order valence-electron chi connectivity index (χ1n) is 3.41. The second kappa shape index (κ2) is 5.03. The van der Waals surface area contributed by atoms with Crippen LogP contribution in [0.2, 0.25) is 0 Å². The highest BCUT2D eigenvalue weighted by Gasteiger charge is 2.44. The molecule has 0 saturated carbocycles. The Balaban J connectivity index is 0.000000262. The van der Waals surface area contributed by atoms with E-state index in [1.165, 1.54) is 0 Å². The molecule has 0 unspecified atom stereocenters. The first-order valence-corrected chi connectivity index (χ1v) is 4.85. The molecule has 9 heteroatoms. The smallest absolute Gasteiger partial charge is 0.279 e. The van der Waals surface area contributed by atoms with Gasteiger partial charge in [-0.3, -0.25) is 4.55 Å². The molecule has 1 N–H and O–H groups in total. The van der Waals surface area contributed by atoms with Crippen molar-refractivity contribution in [3.63, 3.8) is 0 Å². The zero-order valence-electron chi connectivity index (χ0n) is 7.43. The average Bonchev–Trinajstić information content (AvgIpc) is 2.02. The summed E-state index contributed by atoms with van der Waals surface area (Å²) in [6, 6.07) is 1.91. The number of aromatic nitrogens is 2. The number of aryl methyl sites for hydroxylation is 1. The lowest BCUT2D eigenvalue weighted by molar-refractivity contribution is -0.0510. The van der Waals surface area contributed by atoms with Crippen LogP contribution < -0.4 is 0 Å². The van der Waals surface area contributed by atoms with Crippen molar-refractivity contribution in [2.24, 2.45) is 0 Å². The molecule has 0 aromatic carbocycles. The van der Waals surface area contributed by atoms with E-state index in [0.29, 0.717) is 0 Å². The molecule has 0 aliphatic carbocycles. The zero-order chi connectivity index (χ0) is 12.1. The molecule has 1 rings (SSSR count). The fourth-order valence-corrected chi connectivity index (χ4v) is 0.357. The zero-order valence-corrected chi connectivity index (χ0v) is 8.25. The lowest BCUT2D eigenvalue weighted by Crippen LogP contribution is -2.21. The normalized spacial score (nSPS) is 11.5. The topological polar surface area (TPSA) is 80.2 Å². The van der Waals surface area contributed by atoms with E-state index >= 15 is 0 Å². The number of hydrogen-bond acceptors (Lipinski definition) is 4. The number of alkyl halides is 3. The lowest BCUT2D eigenvalue weighted by Gasteiger charge is -1.97. The van der Waals surface area contributed by atoms with Gasteiger partial charge in [-0.25, -0.2) is 0 Å². The quantitative estimate of drug-likeness (QED) is 0.547. The van der Waals surface area contributed by atoms with Crippen molar-refractivity contribution in [2.45, 2.75) is 12.4 Å². The Bertz CT molecular complexity index is 390. The summed E-state index contributed by atoms with van der Waals surface area (Å²) in [5.41, 5.74) is -4.39. The third-order valence-corrected chi connectivity index (χ3v) is 1.61. The van der Waals surface area contributed by atoms with Gasteiger partial charge in [0.2, 0.25) is 0 Å². The van der Waals surface area contributed by atoms with Gasteiger partial charge in [-0.05, 0) is 18.6 Å². The molecule has 5 nitrogen and oxygen atoms in total. The van der Waals surface area contributed by atoms with Crippen LogP contribution in [0.3, 0.4) is 0 Å². The van der Waals surface area contributed by atoms with Crippen LogP contribution in [-0.4, -0.2) is 28.7 Å². The monoisotopic (exact) mass is 244 g/mol. The van der Waals surface area contributed by atoms with Gasteiger partial charge in [0, 0.05) is 6.20 Å². The molecule has 0 amide bonds. The second-order valence-corrected chi connectivity index (χ2v) is 3.75. The summed E-state index contributed by atoms with van der Waals surface area (Å²) in [4.78, 5) is 0. The number of rotatable bonds is 0. The maximum absolute atomic E-state index is 10.7. The molecular formula is C6H7F3N2O3S. The Labute approximate surface area is 83.7 Å². The predicted octanol–water partition coefficient (Wildman–Crippen LogP) is 1.18. The minimum absolute atomic E-state index is 1.15. The fraction of sp³-hybridized carbons (Fsp3) is 0.333. The van der Waals surface area contributed by atoms with Crippen LogP contribution in [-0.2, 0) is 10.1 Å². The molecule has 1 heterocycles. The van der Waals surface area contributed by atoms with E-state index in [2.05, 4.69) is 10.2 Å². The maximum atomic E-state index is 10.7. The van der Waals surface area contributed by atoms with Crippen molar-refractivity contribution in [3.8, 4) is 0 Å². The van der Waals surface area contributed by atoms with Gasteiger partial charge in [0.05, 0.1) is 6.20 Å². The Hall–Kier alpha value is -1.22. The van der Waals surface area contributed by atoms with Crippen LogP contribution in [0.1, 0.15) is 5.56 Å². The van der Waals surface area contributed by atoms with Crippen molar-refractivity contribution in [1.29, 1.82) is 0 Å². The molecule has 15 heavy (non-hydrogen) atoms. The average molecular weight is 244 g/mol. The second-order valence-electron chi connectivity index (χ2n) is 2.34. The minimum Gasteiger partial charge on any atom is -0.279 e. The molecular weight excluding hydrogens is 237 g/mol. The molecule has 1 aromatic heterocycles. The fourth-order valence-electron chi connectivity index (χ4n) is 0.357. The van der Waals surface area contributed by atoms with E-state index < -0.39 is 15.6 Å². The highest BCUT2D eigenvalue weighted by atomic mass is 32.2. The summed E-state index contributed by atoms with van der Waals surface area (Å²) in [6.07, 6.45) is 3.40. The van der Waals surface area contributed by atoms with Crippen LogP contribution >= 0.6 is 0 Å². The summed E-state index contributed by atoms with van der Waals surface area (Å²) < 4.78 is 57.5. The van der Waals surface area contributed by atoms with E-state index in [0.717, 1.165) is 5.56 Å². The Morgan fingerprint density at radius 1 is 1.33 bits per heavy atom. The molecule has 0 saturated heterocycles.